The Balaban J connectivity index is 1.47. The van der Waals surface area contributed by atoms with Gasteiger partial charge >= 0.3 is 5.97 Å². The van der Waals surface area contributed by atoms with Gasteiger partial charge in [0.2, 0.25) is 11.8 Å². The van der Waals surface area contributed by atoms with Crippen LogP contribution < -0.4 is 10.6 Å². The van der Waals surface area contributed by atoms with E-state index in [-0.39, 0.29) is 18.4 Å². The van der Waals surface area contributed by atoms with Crippen LogP contribution in [0.3, 0.4) is 0 Å². The number of aromatic nitrogens is 2. The van der Waals surface area contributed by atoms with E-state index in [1.54, 1.807) is 13.8 Å². The molecule has 2 heterocycles. The summed E-state index contributed by atoms with van der Waals surface area (Å²) in [4.78, 5) is 30.7. The Morgan fingerprint density at radius 1 is 1.24 bits per heavy atom. The highest BCUT2D eigenvalue weighted by molar-refractivity contribution is 7.17. The number of carbonyl (C=O) groups excluding carboxylic acids is 2. The number of thiophene rings is 1. The van der Waals surface area contributed by atoms with Gasteiger partial charge in [-0.25, -0.2) is 4.79 Å². The van der Waals surface area contributed by atoms with Crippen LogP contribution in [-0.4, -0.2) is 35.2 Å². The summed E-state index contributed by atoms with van der Waals surface area (Å²) in [6, 6.07) is 0. The maximum atomic E-state index is 12.7. The number of hydrogen-bond acceptors (Lipinski definition) is 8. The molecule has 4 rings (SSSR count). The third kappa shape index (κ3) is 3.93. The molecule has 1 fully saturated rings. The van der Waals surface area contributed by atoms with Crippen molar-refractivity contribution >= 4 is 28.2 Å². The van der Waals surface area contributed by atoms with Gasteiger partial charge < -0.3 is 14.6 Å². The van der Waals surface area contributed by atoms with Gasteiger partial charge in [-0.05, 0) is 44.6 Å². The van der Waals surface area contributed by atoms with Gasteiger partial charge in [-0.1, -0.05) is 18.0 Å². The number of nitrogens with one attached hydrogen (secondary N) is 2. The van der Waals surface area contributed by atoms with Crippen LogP contribution in [0, 0.1) is 6.92 Å². The highest BCUT2D eigenvalue weighted by Crippen LogP contribution is 2.40. The molecule has 156 valence electrons. The molecule has 0 saturated heterocycles. The van der Waals surface area contributed by atoms with Crippen molar-refractivity contribution in [2.24, 2.45) is 0 Å². The number of amides is 1. The van der Waals surface area contributed by atoms with Crippen molar-refractivity contribution < 1.29 is 18.8 Å². The van der Waals surface area contributed by atoms with Crippen molar-refractivity contribution in [3.63, 3.8) is 0 Å². The minimum atomic E-state index is -0.434. The molecule has 0 aromatic carbocycles. The number of anilines is 1. The van der Waals surface area contributed by atoms with Gasteiger partial charge in [0.25, 0.3) is 0 Å². The fourth-order valence-corrected chi connectivity index (χ4v) is 5.58. The Labute approximate surface area is 173 Å². The predicted molar refractivity (Wildman–Crippen MR) is 108 cm³/mol. The third-order valence-corrected chi connectivity index (χ3v) is 6.86. The van der Waals surface area contributed by atoms with Crippen molar-refractivity contribution in [3.8, 4) is 0 Å². The molecular weight excluding hydrogens is 392 g/mol. The third-order valence-electron chi connectivity index (χ3n) is 5.65. The maximum absolute atomic E-state index is 12.7. The second-order valence-corrected chi connectivity index (χ2v) is 8.72. The van der Waals surface area contributed by atoms with Crippen LogP contribution in [0.15, 0.2) is 4.52 Å². The van der Waals surface area contributed by atoms with Crippen molar-refractivity contribution in [1.82, 2.24) is 15.5 Å². The lowest BCUT2D eigenvalue weighted by Crippen LogP contribution is -2.44. The first kappa shape index (κ1) is 20.0. The molecule has 0 atom stereocenters. The summed E-state index contributed by atoms with van der Waals surface area (Å²) in [5.74, 6) is 0.582. The van der Waals surface area contributed by atoms with Crippen LogP contribution in [0.5, 0.6) is 0 Å². The Hall–Kier alpha value is -2.26. The molecule has 0 unspecified atom stereocenters. The fraction of sp³-hybridized carbons (Fsp3) is 0.600. The summed E-state index contributed by atoms with van der Waals surface area (Å²) in [6.45, 7) is 3.97. The number of hydrogen-bond donors (Lipinski definition) is 2. The SMILES string of the molecule is CCOC(=O)c1c(NC(=O)CNC2(c3noc(C)n3)CCCC2)sc2c1CCC2. The first-order valence-corrected chi connectivity index (χ1v) is 11.0. The monoisotopic (exact) mass is 418 g/mol. The second-order valence-electron chi connectivity index (χ2n) is 7.61. The van der Waals surface area contributed by atoms with Crippen LogP contribution in [0.4, 0.5) is 5.00 Å². The van der Waals surface area contributed by atoms with Crippen LogP contribution in [0.25, 0.3) is 0 Å². The molecular formula is C20H26N4O4S. The topological polar surface area (TPSA) is 106 Å². The van der Waals surface area contributed by atoms with Gasteiger partial charge in [0.1, 0.15) is 5.00 Å². The zero-order valence-electron chi connectivity index (χ0n) is 16.8. The first-order chi connectivity index (χ1) is 14.0. The number of fused-ring (bicyclic) bond motifs is 1. The number of carbonyl (C=O) groups is 2. The Morgan fingerprint density at radius 2 is 2.03 bits per heavy atom. The summed E-state index contributed by atoms with van der Waals surface area (Å²) in [5, 5.41) is 11.0. The standard InChI is InChI=1S/C20H26N4O4S/c1-3-27-18(26)16-13-7-6-8-14(13)29-17(16)23-15(25)11-21-20(9-4-5-10-20)19-22-12(2)28-24-19/h21H,3-11H2,1-2H3,(H,23,25). The molecule has 2 aromatic heterocycles. The second kappa shape index (κ2) is 8.23. The molecule has 9 heteroatoms. The summed E-state index contributed by atoms with van der Waals surface area (Å²) in [7, 11) is 0. The molecule has 0 aliphatic heterocycles. The van der Waals surface area contributed by atoms with E-state index in [0.717, 1.165) is 50.5 Å². The predicted octanol–water partition coefficient (Wildman–Crippen LogP) is 3.10. The van der Waals surface area contributed by atoms with Gasteiger partial charge in [-0.15, -0.1) is 11.3 Å². The number of nitrogens with zero attached hydrogens (tertiary/aromatic N) is 2. The van der Waals surface area contributed by atoms with Gasteiger partial charge in [0.05, 0.1) is 24.3 Å². The molecule has 1 saturated carbocycles. The van der Waals surface area contributed by atoms with Crippen LogP contribution in [0.2, 0.25) is 0 Å². The van der Waals surface area contributed by atoms with E-state index < -0.39 is 5.54 Å². The van der Waals surface area contributed by atoms with Crippen molar-refractivity contribution in [1.29, 1.82) is 0 Å². The zero-order valence-corrected chi connectivity index (χ0v) is 17.6. The van der Waals surface area contributed by atoms with Crippen LogP contribution in [0.1, 0.15) is 71.5 Å². The number of ether oxygens (including phenoxy) is 1. The molecule has 0 spiro atoms. The number of rotatable bonds is 7. The molecule has 8 nitrogen and oxygen atoms in total. The molecule has 2 N–H and O–H groups in total. The molecule has 1 amide bonds. The normalized spacial score (nSPS) is 17.3. The lowest BCUT2D eigenvalue weighted by atomic mass is 9.96. The minimum Gasteiger partial charge on any atom is -0.462 e. The lowest BCUT2D eigenvalue weighted by molar-refractivity contribution is -0.115. The zero-order chi connectivity index (χ0) is 20.4. The van der Waals surface area contributed by atoms with Gasteiger partial charge in [0.15, 0.2) is 5.82 Å². The van der Waals surface area contributed by atoms with Gasteiger partial charge in [0, 0.05) is 11.8 Å². The first-order valence-electron chi connectivity index (χ1n) is 10.2. The highest BCUT2D eigenvalue weighted by Gasteiger charge is 2.40. The molecule has 0 bridgehead atoms. The van der Waals surface area contributed by atoms with E-state index in [4.69, 9.17) is 9.26 Å². The van der Waals surface area contributed by atoms with Crippen LogP contribution in [-0.2, 0) is 27.9 Å². The average molecular weight is 419 g/mol. The van der Waals surface area contributed by atoms with Gasteiger partial charge in [-0.3, -0.25) is 10.1 Å². The van der Waals surface area contributed by atoms with Crippen molar-refractivity contribution in [3.05, 3.63) is 27.7 Å². The van der Waals surface area contributed by atoms with Crippen LogP contribution >= 0.6 is 11.3 Å². The summed E-state index contributed by atoms with van der Waals surface area (Å²) in [5.41, 5.74) is 1.13. The molecule has 0 radical (unpaired) electrons. The molecule has 2 aromatic rings. The minimum absolute atomic E-state index is 0.110. The molecule has 2 aliphatic rings. The van der Waals surface area contributed by atoms with Gasteiger partial charge in [-0.2, -0.15) is 4.98 Å². The van der Waals surface area contributed by atoms with E-state index in [1.807, 2.05) is 0 Å². The van der Waals surface area contributed by atoms with E-state index in [9.17, 15) is 9.59 Å². The number of esters is 1. The largest absolute Gasteiger partial charge is 0.462 e. The van der Waals surface area contributed by atoms with E-state index in [1.165, 1.54) is 16.2 Å². The highest BCUT2D eigenvalue weighted by atomic mass is 32.1. The van der Waals surface area contributed by atoms with E-state index in [0.29, 0.717) is 28.9 Å². The smallest absolute Gasteiger partial charge is 0.341 e. The fourth-order valence-electron chi connectivity index (χ4n) is 4.28. The Kier molecular flexibility index (Phi) is 5.69. The maximum Gasteiger partial charge on any atom is 0.341 e. The average Bonchev–Trinajstić information content (AvgIpc) is 3.44. The quantitative estimate of drug-likeness (QED) is 0.666. The summed E-state index contributed by atoms with van der Waals surface area (Å²) in [6.07, 6.45) is 6.66. The molecule has 2 aliphatic carbocycles. The van der Waals surface area contributed by atoms with E-state index in [2.05, 4.69) is 20.8 Å². The van der Waals surface area contributed by atoms with E-state index >= 15 is 0 Å². The Bertz CT molecular complexity index is 914. The van der Waals surface area contributed by atoms with Crippen molar-refractivity contribution in [2.75, 3.05) is 18.5 Å². The molecule has 29 heavy (non-hydrogen) atoms. The Morgan fingerprint density at radius 3 is 2.72 bits per heavy atom. The van der Waals surface area contributed by atoms with Crippen molar-refractivity contribution in [2.45, 2.75) is 64.3 Å². The lowest BCUT2D eigenvalue weighted by Gasteiger charge is -2.26. The number of aryl methyl sites for hydroxylation is 2. The summed E-state index contributed by atoms with van der Waals surface area (Å²) >= 11 is 1.49. The summed E-state index contributed by atoms with van der Waals surface area (Å²) < 4.78 is 10.4.